The largest absolute Gasteiger partial charge is 0.478 e. The molecule has 1 unspecified atom stereocenters. The van der Waals surface area contributed by atoms with Gasteiger partial charge in [0.1, 0.15) is 5.84 Å². The number of amidine groups is 1. The van der Waals surface area contributed by atoms with Gasteiger partial charge in [0.15, 0.2) is 0 Å². The van der Waals surface area contributed by atoms with E-state index in [0.717, 1.165) is 5.69 Å². The predicted octanol–water partition coefficient (Wildman–Crippen LogP) is 2.37. The normalized spacial score (nSPS) is 20.8. The first-order valence-electron chi connectivity index (χ1n) is 6.62. The molecule has 1 heterocycles. The molecule has 0 spiro atoms. The smallest absolute Gasteiger partial charge is 0.357 e. The second-order valence-corrected chi connectivity index (χ2v) is 4.82. The van der Waals surface area contributed by atoms with E-state index in [-0.39, 0.29) is 0 Å². The van der Waals surface area contributed by atoms with Crippen LogP contribution in [0, 0.1) is 0 Å². The minimum Gasteiger partial charge on any atom is -0.478 e. The lowest BCUT2D eigenvalue weighted by atomic mass is 9.97. The van der Waals surface area contributed by atoms with Crippen LogP contribution in [0.4, 0.5) is 5.69 Å². The number of carboxylic acids is 1. The average Bonchev–Trinajstić information content (AvgIpc) is 2.87. The summed E-state index contributed by atoms with van der Waals surface area (Å²) < 4.78 is 0. The van der Waals surface area contributed by atoms with Gasteiger partial charge >= 0.3 is 5.97 Å². The molecule has 5 heteroatoms. The highest BCUT2D eigenvalue weighted by atomic mass is 16.4. The Bertz CT molecular complexity index is 685. The van der Waals surface area contributed by atoms with Gasteiger partial charge in [-0.15, -0.1) is 0 Å². The maximum atomic E-state index is 12.1. The Labute approximate surface area is 122 Å². The van der Waals surface area contributed by atoms with Gasteiger partial charge in [0, 0.05) is 11.3 Å². The van der Waals surface area contributed by atoms with Crippen LogP contribution >= 0.6 is 0 Å². The minimum atomic E-state index is -1.42. The molecule has 5 nitrogen and oxygen atoms in total. The second kappa shape index (κ2) is 4.94. The quantitative estimate of drug-likeness (QED) is 0.906. The average molecular weight is 281 g/mol. The number of rotatable bonds is 3. The lowest BCUT2D eigenvalue weighted by Crippen LogP contribution is -2.57. The first-order valence-corrected chi connectivity index (χ1v) is 6.62. The summed E-state index contributed by atoms with van der Waals surface area (Å²) in [4.78, 5) is 13.8. The molecule has 0 saturated carbocycles. The van der Waals surface area contributed by atoms with Gasteiger partial charge in [-0.25, -0.2) is 4.79 Å². The van der Waals surface area contributed by atoms with Gasteiger partial charge in [-0.05, 0) is 19.1 Å². The first kappa shape index (κ1) is 13.2. The molecule has 0 aromatic heterocycles. The zero-order chi connectivity index (χ0) is 14.9. The third-order valence-electron chi connectivity index (χ3n) is 3.55. The molecule has 2 aromatic carbocycles. The molecular weight excluding hydrogens is 266 g/mol. The minimum absolute atomic E-state index is 0.604. The van der Waals surface area contributed by atoms with Crippen molar-refractivity contribution in [3.8, 4) is 0 Å². The number of anilines is 1. The first-order chi connectivity index (χ1) is 10.2. The van der Waals surface area contributed by atoms with Crippen LogP contribution in [0.15, 0.2) is 65.8 Å². The molecule has 1 atom stereocenters. The highest BCUT2D eigenvalue weighted by Gasteiger charge is 2.51. The molecule has 0 bridgehead atoms. The number of hydrazone groups is 1. The Morgan fingerprint density at radius 2 is 1.67 bits per heavy atom. The summed E-state index contributed by atoms with van der Waals surface area (Å²) in [6.07, 6.45) is 0. The number of para-hydroxylation sites is 1. The van der Waals surface area contributed by atoms with Crippen molar-refractivity contribution >= 4 is 17.5 Å². The van der Waals surface area contributed by atoms with Crippen molar-refractivity contribution in [3.05, 3.63) is 66.2 Å². The summed E-state index contributed by atoms with van der Waals surface area (Å²) >= 11 is 0. The zero-order valence-corrected chi connectivity index (χ0v) is 11.5. The summed E-state index contributed by atoms with van der Waals surface area (Å²) in [5, 5.41) is 14.0. The third kappa shape index (κ3) is 1.94. The van der Waals surface area contributed by atoms with Gasteiger partial charge in [0.25, 0.3) is 5.66 Å². The molecule has 3 rings (SSSR count). The van der Waals surface area contributed by atoms with E-state index in [0.29, 0.717) is 11.4 Å². The van der Waals surface area contributed by atoms with Gasteiger partial charge in [-0.1, -0.05) is 48.5 Å². The molecule has 1 aliphatic rings. The fourth-order valence-electron chi connectivity index (χ4n) is 2.60. The van der Waals surface area contributed by atoms with E-state index >= 15 is 0 Å². The maximum Gasteiger partial charge on any atom is 0.357 e. The van der Waals surface area contributed by atoms with E-state index in [1.807, 2.05) is 48.5 Å². The van der Waals surface area contributed by atoms with E-state index in [1.54, 1.807) is 24.0 Å². The van der Waals surface area contributed by atoms with Crippen LogP contribution in [0.1, 0.15) is 12.5 Å². The van der Waals surface area contributed by atoms with Crippen LogP contribution in [0.2, 0.25) is 0 Å². The van der Waals surface area contributed by atoms with E-state index in [1.165, 1.54) is 0 Å². The summed E-state index contributed by atoms with van der Waals surface area (Å²) in [7, 11) is 0. The van der Waals surface area contributed by atoms with Gasteiger partial charge in [0.2, 0.25) is 0 Å². The summed E-state index contributed by atoms with van der Waals surface area (Å²) in [5.41, 5.74) is 2.77. The zero-order valence-electron chi connectivity index (χ0n) is 11.5. The van der Waals surface area contributed by atoms with Crippen molar-refractivity contribution in [2.75, 3.05) is 4.90 Å². The van der Waals surface area contributed by atoms with E-state index in [2.05, 4.69) is 10.5 Å². The van der Waals surface area contributed by atoms with Crippen LogP contribution in [0.3, 0.4) is 0 Å². The molecular formula is C16H15N3O2. The second-order valence-electron chi connectivity index (χ2n) is 4.82. The number of hydrogen-bond acceptors (Lipinski definition) is 4. The monoisotopic (exact) mass is 281 g/mol. The Balaban J connectivity index is 2.19. The lowest BCUT2D eigenvalue weighted by molar-refractivity contribution is -0.144. The number of hydrogen-bond donors (Lipinski definition) is 2. The molecule has 0 radical (unpaired) electrons. The Kier molecular flexibility index (Phi) is 3.10. The standard InChI is InChI=1S/C16H15N3O2/c1-12-17-18-16(15(20)21,13-8-4-2-5-9-13)19(12)14-10-6-3-7-11-14/h2-11,18H,1H3,(H,20,21). The summed E-state index contributed by atoms with van der Waals surface area (Å²) in [6.45, 7) is 1.79. The van der Waals surface area contributed by atoms with Crippen LogP contribution < -0.4 is 10.3 Å². The van der Waals surface area contributed by atoms with Crippen molar-refractivity contribution in [1.82, 2.24) is 5.43 Å². The molecule has 0 fully saturated rings. The fraction of sp³-hybridized carbons (Fsp3) is 0.125. The van der Waals surface area contributed by atoms with Gasteiger partial charge in [-0.2, -0.15) is 5.10 Å². The molecule has 0 amide bonds. The number of carboxylic acid groups (broad SMARTS) is 1. The number of nitrogens with one attached hydrogen (secondary N) is 1. The van der Waals surface area contributed by atoms with Crippen molar-refractivity contribution in [2.45, 2.75) is 12.6 Å². The lowest BCUT2D eigenvalue weighted by Gasteiger charge is -2.35. The topological polar surface area (TPSA) is 64.9 Å². The van der Waals surface area contributed by atoms with Crippen molar-refractivity contribution in [1.29, 1.82) is 0 Å². The van der Waals surface area contributed by atoms with E-state index < -0.39 is 11.6 Å². The Morgan fingerprint density at radius 1 is 1.10 bits per heavy atom. The third-order valence-corrected chi connectivity index (χ3v) is 3.55. The number of aliphatic carboxylic acids is 1. The molecule has 0 aliphatic carbocycles. The number of nitrogens with zero attached hydrogens (tertiary/aromatic N) is 2. The number of carbonyl (C=O) groups is 1. The van der Waals surface area contributed by atoms with Crippen molar-refractivity contribution < 1.29 is 9.90 Å². The van der Waals surface area contributed by atoms with Crippen LogP contribution in [0.25, 0.3) is 0 Å². The van der Waals surface area contributed by atoms with Crippen molar-refractivity contribution in [3.63, 3.8) is 0 Å². The van der Waals surface area contributed by atoms with Crippen LogP contribution in [-0.4, -0.2) is 16.9 Å². The Morgan fingerprint density at radius 3 is 2.24 bits per heavy atom. The van der Waals surface area contributed by atoms with Gasteiger partial charge in [-0.3, -0.25) is 10.3 Å². The predicted molar refractivity (Wildman–Crippen MR) is 80.9 cm³/mol. The maximum absolute atomic E-state index is 12.1. The van der Waals surface area contributed by atoms with E-state index in [4.69, 9.17) is 0 Å². The highest BCUT2D eigenvalue weighted by molar-refractivity contribution is 6.05. The van der Waals surface area contributed by atoms with E-state index in [9.17, 15) is 9.90 Å². The molecule has 106 valence electrons. The molecule has 2 aromatic rings. The van der Waals surface area contributed by atoms with Gasteiger partial charge < -0.3 is 5.11 Å². The van der Waals surface area contributed by atoms with Crippen LogP contribution in [0.5, 0.6) is 0 Å². The summed E-state index contributed by atoms with van der Waals surface area (Å²) in [6, 6.07) is 18.4. The van der Waals surface area contributed by atoms with Crippen LogP contribution in [-0.2, 0) is 10.5 Å². The molecule has 1 aliphatic heterocycles. The van der Waals surface area contributed by atoms with Gasteiger partial charge in [0.05, 0.1) is 0 Å². The molecule has 0 saturated heterocycles. The number of benzene rings is 2. The fourth-order valence-corrected chi connectivity index (χ4v) is 2.60. The SMILES string of the molecule is CC1=NNC(C(=O)O)(c2ccccc2)N1c1ccccc1. The highest BCUT2D eigenvalue weighted by Crippen LogP contribution is 2.35. The molecule has 2 N–H and O–H groups in total. The Hall–Kier alpha value is -2.82. The van der Waals surface area contributed by atoms with Crippen molar-refractivity contribution in [2.24, 2.45) is 5.10 Å². The molecule has 21 heavy (non-hydrogen) atoms. The summed E-state index contributed by atoms with van der Waals surface area (Å²) in [5.74, 6) is -0.398.